The van der Waals surface area contributed by atoms with E-state index in [-0.39, 0.29) is 0 Å². The van der Waals surface area contributed by atoms with Gasteiger partial charge in [0.2, 0.25) is 0 Å². The summed E-state index contributed by atoms with van der Waals surface area (Å²) in [4.78, 5) is 0. The molecule has 2 aromatic rings. The number of aryl methyl sites for hydroxylation is 1. The highest BCUT2D eigenvalue weighted by atomic mass is 79.9. The van der Waals surface area contributed by atoms with Gasteiger partial charge in [0.15, 0.2) is 5.76 Å². The zero-order chi connectivity index (χ0) is 10.1. The van der Waals surface area contributed by atoms with E-state index in [1.807, 2.05) is 25.1 Å². The highest BCUT2D eigenvalue weighted by molar-refractivity contribution is 9.10. The van der Waals surface area contributed by atoms with Crippen molar-refractivity contribution in [2.45, 2.75) is 6.92 Å². The molecule has 0 radical (unpaired) electrons. The van der Waals surface area contributed by atoms with Gasteiger partial charge in [-0.2, -0.15) is 0 Å². The number of halogens is 1. The van der Waals surface area contributed by atoms with Gasteiger partial charge in [-0.25, -0.2) is 0 Å². The van der Waals surface area contributed by atoms with Gasteiger partial charge in [-0.3, -0.25) is 0 Å². The van der Waals surface area contributed by atoms with Gasteiger partial charge in [-0.05, 0) is 24.6 Å². The van der Waals surface area contributed by atoms with Crippen LogP contribution in [0, 0.1) is 6.92 Å². The maximum Gasteiger partial charge on any atom is 0.190 e. The molecule has 0 aliphatic rings. The minimum atomic E-state index is 0.551. The van der Waals surface area contributed by atoms with E-state index in [1.54, 1.807) is 0 Å². The molecule has 3 nitrogen and oxygen atoms in total. The van der Waals surface area contributed by atoms with Gasteiger partial charge in [-0.1, -0.05) is 27.2 Å². The van der Waals surface area contributed by atoms with Gasteiger partial charge in [0.05, 0.1) is 6.20 Å². The average Bonchev–Trinajstić information content (AvgIpc) is 2.52. The molecule has 0 fully saturated rings. The molecule has 0 amide bonds. The number of nitrogens with two attached hydrogens (primary N) is 1. The fraction of sp³-hybridized carbons (Fsp3) is 0.100. The first kappa shape index (κ1) is 9.27. The lowest BCUT2D eigenvalue weighted by Crippen LogP contribution is -1.86. The third kappa shape index (κ3) is 1.53. The topological polar surface area (TPSA) is 52.0 Å². The molecule has 0 saturated heterocycles. The summed E-state index contributed by atoms with van der Waals surface area (Å²) in [5.74, 6) is 0.608. The lowest BCUT2D eigenvalue weighted by molar-refractivity contribution is 0.432. The van der Waals surface area contributed by atoms with Crippen LogP contribution >= 0.6 is 15.9 Å². The van der Waals surface area contributed by atoms with Crippen molar-refractivity contribution in [2.75, 3.05) is 5.73 Å². The molecule has 2 N–H and O–H groups in total. The van der Waals surface area contributed by atoms with Crippen LogP contribution in [0.1, 0.15) is 5.56 Å². The van der Waals surface area contributed by atoms with Crippen molar-refractivity contribution in [1.29, 1.82) is 0 Å². The lowest BCUT2D eigenvalue weighted by atomic mass is 10.1. The number of aromatic nitrogens is 1. The molecular weight excluding hydrogens is 244 g/mol. The Hall–Kier alpha value is -1.29. The summed E-state index contributed by atoms with van der Waals surface area (Å²) >= 11 is 3.46. The molecule has 1 heterocycles. The van der Waals surface area contributed by atoms with Gasteiger partial charge in [0, 0.05) is 10.0 Å². The highest BCUT2D eigenvalue weighted by Gasteiger charge is 2.10. The largest absolute Gasteiger partial charge is 0.394 e. The third-order valence-electron chi connectivity index (χ3n) is 1.97. The van der Waals surface area contributed by atoms with Gasteiger partial charge < -0.3 is 10.3 Å². The smallest absolute Gasteiger partial charge is 0.190 e. The van der Waals surface area contributed by atoms with Gasteiger partial charge in [0.25, 0.3) is 0 Å². The van der Waals surface area contributed by atoms with E-state index in [0.717, 1.165) is 10.0 Å². The maximum absolute atomic E-state index is 5.70. The Labute approximate surface area is 90.0 Å². The lowest BCUT2D eigenvalue weighted by Gasteiger charge is -2.01. The van der Waals surface area contributed by atoms with Crippen LogP contribution in [-0.4, -0.2) is 5.16 Å². The van der Waals surface area contributed by atoms with E-state index < -0.39 is 0 Å². The number of benzene rings is 1. The van der Waals surface area contributed by atoms with Gasteiger partial charge >= 0.3 is 0 Å². The molecule has 0 atom stereocenters. The second-order valence-electron chi connectivity index (χ2n) is 3.09. The Bertz CT molecular complexity index is 465. The number of hydrogen-bond donors (Lipinski definition) is 1. The van der Waals surface area contributed by atoms with E-state index in [4.69, 9.17) is 10.3 Å². The first-order chi connectivity index (χ1) is 6.68. The van der Waals surface area contributed by atoms with Crippen LogP contribution < -0.4 is 5.73 Å². The van der Waals surface area contributed by atoms with Crippen LogP contribution in [0.5, 0.6) is 0 Å². The molecule has 0 bridgehead atoms. The normalized spacial score (nSPS) is 10.4. The molecule has 0 saturated carbocycles. The Kier molecular flexibility index (Phi) is 2.29. The second-order valence-corrected chi connectivity index (χ2v) is 3.95. The summed E-state index contributed by atoms with van der Waals surface area (Å²) in [5, 5.41) is 3.64. The standard InChI is InChI=1S/C10H9BrN2O/c1-6-2-3-7(8(11)4-6)10-9(12)5-13-14-10/h2-5H,12H2,1H3. The number of nitrogens with zero attached hydrogens (tertiary/aromatic N) is 1. The van der Waals surface area contributed by atoms with Gasteiger partial charge in [-0.15, -0.1) is 0 Å². The van der Waals surface area contributed by atoms with Crippen LogP contribution in [0.2, 0.25) is 0 Å². The third-order valence-corrected chi connectivity index (χ3v) is 2.62. The quantitative estimate of drug-likeness (QED) is 0.849. The first-order valence-corrected chi connectivity index (χ1v) is 4.94. The summed E-state index contributed by atoms with van der Waals surface area (Å²) in [7, 11) is 0. The summed E-state index contributed by atoms with van der Waals surface area (Å²) in [6.07, 6.45) is 1.50. The molecule has 0 spiro atoms. The average molecular weight is 253 g/mol. The summed E-state index contributed by atoms with van der Waals surface area (Å²) in [5.41, 5.74) is 8.35. The number of anilines is 1. The zero-order valence-electron chi connectivity index (χ0n) is 7.62. The van der Waals surface area contributed by atoms with Gasteiger partial charge in [0.1, 0.15) is 5.69 Å². The summed E-state index contributed by atoms with van der Waals surface area (Å²) in [6.45, 7) is 2.03. The Morgan fingerprint density at radius 3 is 2.79 bits per heavy atom. The maximum atomic E-state index is 5.70. The first-order valence-electron chi connectivity index (χ1n) is 4.15. The SMILES string of the molecule is Cc1ccc(-c2oncc2N)c(Br)c1. The monoisotopic (exact) mass is 252 g/mol. The van der Waals surface area contributed by atoms with E-state index >= 15 is 0 Å². The van der Waals surface area contributed by atoms with E-state index in [9.17, 15) is 0 Å². The Morgan fingerprint density at radius 1 is 1.43 bits per heavy atom. The van der Waals surface area contributed by atoms with Crippen LogP contribution in [-0.2, 0) is 0 Å². The van der Waals surface area contributed by atoms with Crippen LogP contribution in [0.25, 0.3) is 11.3 Å². The molecule has 0 unspecified atom stereocenters. The minimum absolute atomic E-state index is 0.551. The number of nitrogen functional groups attached to an aromatic ring is 1. The number of rotatable bonds is 1. The van der Waals surface area contributed by atoms with Crippen LogP contribution in [0.3, 0.4) is 0 Å². The molecule has 1 aromatic carbocycles. The van der Waals surface area contributed by atoms with E-state index in [0.29, 0.717) is 11.4 Å². The molecule has 2 rings (SSSR count). The van der Waals surface area contributed by atoms with Crippen molar-refractivity contribution < 1.29 is 4.52 Å². The molecule has 1 aromatic heterocycles. The van der Waals surface area contributed by atoms with Crippen molar-refractivity contribution in [1.82, 2.24) is 5.16 Å². The van der Waals surface area contributed by atoms with Crippen molar-refractivity contribution in [3.8, 4) is 11.3 Å². The van der Waals surface area contributed by atoms with Crippen molar-refractivity contribution in [2.24, 2.45) is 0 Å². The van der Waals surface area contributed by atoms with E-state index in [1.165, 1.54) is 11.8 Å². The molecule has 14 heavy (non-hydrogen) atoms. The predicted molar refractivity (Wildman–Crippen MR) is 58.8 cm³/mol. The highest BCUT2D eigenvalue weighted by Crippen LogP contribution is 2.32. The summed E-state index contributed by atoms with van der Waals surface area (Å²) in [6, 6.07) is 5.97. The van der Waals surface area contributed by atoms with Crippen LogP contribution in [0.4, 0.5) is 5.69 Å². The molecular formula is C10H9BrN2O. The summed E-state index contributed by atoms with van der Waals surface area (Å²) < 4.78 is 6.03. The fourth-order valence-corrected chi connectivity index (χ4v) is 1.93. The van der Waals surface area contributed by atoms with Crippen molar-refractivity contribution >= 4 is 21.6 Å². The molecule has 0 aliphatic heterocycles. The molecule has 4 heteroatoms. The van der Waals surface area contributed by atoms with Crippen molar-refractivity contribution in [3.63, 3.8) is 0 Å². The molecule has 72 valence electrons. The van der Waals surface area contributed by atoms with Crippen LogP contribution in [0.15, 0.2) is 33.4 Å². The predicted octanol–water partition coefficient (Wildman–Crippen LogP) is 2.99. The zero-order valence-corrected chi connectivity index (χ0v) is 9.21. The minimum Gasteiger partial charge on any atom is -0.394 e. The Morgan fingerprint density at radius 2 is 2.21 bits per heavy atom. The Balaban J connectivity index is 2.58. The second kappa shape index (κ2) is 3.46. The van der Waals surface area contributed by atoms with Crippen molar-refractivity contribution in [3.05, 3.63) is 34.4 Å². The number of hydrogen-bond acceptors (Lipinski definition) is 3. The molecule has 0 aliphatic carbocycles. The van der Waals surface area contributed by atoms with E-state index in [2.05, 4.69) is 21.1 Å². The fourth-order valence-electron chi connectivity index (χ4n) is 1.26.